The third kappa shape index (κ3) is 4.70. The Bertz CT molecular complexity index is 809. The van der Waals surface area contributed by atoms with E-state index in [1.807, 2.05) is 37.3 Å². The summed E-state index contributed by atoms with van der Waals surface area (Å²) in [6, 6.07) is 14.1. The maximum Gasteiger partial charge on any atom is 0.191 e. The van der Waals surface area contributed by atoms with Gasteiger partial charge in [-0.3, -0.25) is 4.99 Å². The number of aromatic nitrogens is 1. The van der Waals surface area contributed by atoms with Crippen molar-refractivity contribution in [3.63, 3.8) is 0 Å². The summed E-state index contributed by atoms with van der Waals surface area (Å²) < 4.78 is 5.33. The Kier molecular flexibility index (Phi) is 5.85. The fourth-order valence-corrected chi connectivity index (χ4v) is 3.45. The highest BCUT2D eigenvalue weighted by atomic mass is 32.1. The van der Waals surface area contributed by atoms with Crippen LogP contribution in [0.3, 0.4) is 0 Å². The van der Waals surface area contributed by atoms with Crippen molar-refractivity contribution in [2.45, 2.75) is 19.9 Å². The number of hydrogen-bond acceptors (Lipinski definition) is 4. The molecule has 0 aliphatic rings. The van der Waals surface area contributed by atoms with Gasteiger partial charge in [-0.15, -0.1) is 11.3 Å². The first-order chi connectivity index (χ1) is 12.3. The molecule has 3 rings (SSSR count). The van der Waals surface area contributed by atoms with Crippen LogP contribution in [0.4, 0.5) is 0 Å². The fourth-order valence-electron chi connectivity index (χ4n) is 2.44. The summed E-state index contributed by atoms with van der Waals surface area (Å²) in [4.78, 5) is 10.2. The summed E-state index contributed by atoms with van der Waals surface area (Å²) in [6.07, 6.45) is 2.52. The van der Waals surface area contributed by atoms with Crippen molar-refractivity contribution in [2.24, 2.45) is 4.99 Å². The van der Waals surface area contributed by atoms with Crippen LogP contribution in [0.15, 0.2) is 58.1 Å². The maximum absolute atomic E-state index is 5.33. The molecule has 0 amide bonds. The van der Waals surface area contributed by atoms with Gasteiger partial charge in [-0.2, -0.15) is 0 Å². The van der Waals surface area contributed by atoms with Crippen LogP contribution in [0.25, 0.3) is 10.6 Å². The number of aryl methyl sites for hydroxylation is 1. The molecule has 0 aliphatic heterocycles. The van der Waals surface area contributed by atoms with Crippen LogP contribution >= 0.6 is 11.3 Å². The zero-order chi connectivity index (χ0) is 17.5. The van der Waals surface area contributed by atoms with Gasteiger partial charge in [-0.05, 0) is 19.1 Å². The van der Waals surface area contributed by atoms with Crippen molar-refractivity contribution < 1.29 is 4.42 Å². The van der Waals surface area contributed by atoms with Crippen LogP contribution in [0.1, 0.15) is 16.3 Å². The fraction of sp³-hybridized carbons (Fsp3) is 0.263. The number of rotatable bonds is 6. The molecule has 0 unspecified atom stereocenters. The minimum Gasteiger partial charge on any atom is -0.469 e. The van der Waals surface area contributed by atoms with Crippen LogP contribution in [0, 0.1) is 6.92 Å². The van der Waals surface area contributed by atoms with E-state index in [0.29, 0.717) is 6.54 Å². The van der Waals surface area contributed by atoms with Gasteiger partial charge in [0.05, 0.1) is 18.5 Å². The van der Waals surface area contributed by atoms with E-state index in [0.717, 1.165) is 41.0 Å². The number of guanidine groups is 1. The second-order valence-corrected chi connectivity index (χ2v) is 6.66. The third-order valence-electron chi connectivity index (χ3n) is 3.80. The smallest absolute Gasteiger partial charge is 0.191 e. The maximum atomic E-state index is 5.33. The van der Waals surface area contributed by atoms with Crippen molar-refractivity contribution in [1.29, 1.82) is 0 Å². The van der Waals surface area contributed by atoms with Gasteiger partial charge in [0, 0.05) is 30.5 Å². The minimum atomic E-state index is 0.705. The summed E-state index contributed by atoms with van der Waals surface area (Å²) in [5.41, 5.74) is 2.21. The zero-order valence-corrected chi connectivity index (χ0v) is 15.3. The lowest BCUT2D eigenvalue weighted by atomic mass is 10.2. The molecule has 0 spiro atoms. The van der Waals surface area contributed by atoms with Gasteiger partial charge >= 0.3 is 0 Å². The molecule has 0 saturated carbocycles. The topological polar surface area (TPSA) is 62.5 Å². The molecule has 2 aromatic heterocycles. The van der Waals surface area contributed by atoms with E-state index >= 15 is 0 Å². The number of aliphatic imine (C=N–C) groups is 1. The largest absolute Gasteiger partial charge is 0.469 e. The number of furan rings is 1. The van der Waals surface area contributed by atoms with E-state index in [4.69, 9.17) is 4.42 Å². The quantitative estimate of drug-likeness (QED) is 0.524. The summed E-state index contributed by atoms with van der Waals surface area (Å²) in [6.45, 7) is 3.52. The lowest BCUT2D eigenvalue weighted by Gasteiger charge is -2.10. The Morgan fingerprint density at radius 2 is 2.00 bits per heavy atom. The third-order valence-corrected chi connectivity index (χ3v) is 5.00. The van der Waals surface area contributed by atoms with Gasteiger partial charge in [0.2, 0.25) is 0 Å². The van der Waals surface area contributed by atoms with Gasteiger partial charge in [-0.25, -0.2) is 4.98 Å². The van der Waals surface area contributed by atoms with Crippen LogP contribution < -0.4 is 10.6 Å². The van der Waals surface area contributed by atoms with E-state index in [9.17, 15) is 0 Å². The molecule has 0 atom stereocenters. The van der Waals surface area contributed by atoms with Crippen LogP contribution in [-0.4, -0.2) is 24.5 Å². The Balaban J connectivity index is 1.54. The summed E-state index contributed by atoms with van der Waals surface area (Å²) in [5.74, 6) is 1.74. The average Bonchev–Trinajstić information content (AvgIpc) is 3.28. The number of thiazole rings is 1. The van der Waals surface area contributed by atoms with Gasteiger partial charge < -0.3 is 15.1 Å². The van der Waals surface area contributed by atoms with E-state index in [-0.39, 0.29) is 0 Å². The molecule has 0 radical (unpaired) electrons. The normalized spacial score (nSPS) is 11.5. The number of nitrogens with zero attached hydrogens (tertiary/aromatic N) is 2. The predicted octanol–water partition coefficient (Wildman–Crippen LogP) is 3.62. The molecule has 25 heavy (non-hydrogen) atoms. The van der Waals surface area contributed by atoms with E-state index in [2.05, 4.69) is 32.7 Å². The summed E-state index contributed by atoms with van der Waals surface area (Å²) >= 11 is 1.72. The molecular formula is C19H22N4OS. The minimum absolute atomic E-state index is 0.705. The highest BCUT2D eigenvalue weighted by Gasteiger charge is 2.09. The molecule has 0 fully saturated rings. The first kappa shape index (κ1) is 17.2. The summed E-state index contributed by atoms with van der Waals surface area (Å²) in [7, 11) is 1.77. The van der Waals surface area contributed by atoms with Gasteiger partial charge in [0.25, 0.3) is 0 Å². The van der Waals surface area contributed by atoms with Crippen molar-refractivity contribution in [3.8, 4) is 10.6 Å². The van der Waals surface area contributed by atoms with Crippen molar-refractivity contribution in [1.82, 2.24) is 15.6 Å². The Morgan fingerprint density at radius 3 is 2.72 bits per heavy atom. The van der Waals surface area contributed by atoms with Crippen molar-refractivity contribution in [2.75, 3.05) is 13.6 Å². The SMILES string of the molecule is CN=C(NCCc1ccco1)NCc1sc(-c2ccccc2)nc1C. The van der Waals surface area contributed by atoms with Crippen LogP contribution in [0.2, 0.25) is 0 Å². The van der Waals surface area contributed by atoms with E-state index in [1.165, 1.54) is 4.88 Å². The molecule has 0 bridgehead atoms. The molecule has 1 aromatic carbocycles. The Labute approximate surface area is 151 Å². The van der Waals surface area contributed by atoms with Crippen LogP contribution in [0.5, 0.6) is 0 Å². The first-order valence-corrected chi connectivity index (χ1v) is 9.06. The van der Waals surface area contributed by atoms with E-state index in [1.54, 1.807) is 24.6 Å². The second-order valence-electron chi connectivity index (χ2n) is 5.58. The number of hydrogen-bond donors (Lipinski definition) is 2. The lowest BCUT2D eigenvalue weighted by Crippen LogP contribution is -2.37. The van der Waals surface area contributed by atoms with Crippen molar-refractivity contribution in [3.05, 3.63) is 65.1 Å². The molecule has 6 heteroatoms. The molecule has 5 nitrogen and oxygen atoms in total. The summed E-state index contributed by atoms with van der Waals surface area (Å²) in [5, 5.41) is 7.70. The van der Waals surface area contributed by atoms with Gasteiger partial charge in [0.1, 0.15) is 10.8 Å². The molecule has 0 aliphatic carbocycles. The first-order valence-electron chi connectivity index (χ1n) is 8.25. The van der Waals surface area contributed by atoms with Crippen LogP contribution in [-0.2, 0) is 13.0 Å². The lowest BCUT2D eigenvalue weighted by molar-refractivity contribution is 0.507. The van der Waals surface area contributed by atoms with Gasteiger partial charge in [-0.1, -0.05) is 30.3 Å². The number of benzene rings is 1. The molecule has 0 saturated heterocycles. The molecule has 2 heterocycles. The Hall–Kier alpha value is -2.60. The predicted molar refractivity (Wildman–Crippen MR) is 103 cm³/mol. The second kappa shape index (κ2) is 8.48. The average molecular weight is 354 g/mol. The molecular weight excluding hydrogens is 332 g/mol. The number of nitrogens with one attached hydrogen (secondary N) is 2. The van der Waals surface area contributed by atoms with E-state index < -0.39 is 0 Å². The molecule has 3 aromatic rings. The highest BCUT2D eigenvalue weighted by Crippen LogP contribution is 2.27. The Morgan fingerprint density at radius 1 is 1.16 bits per heavy atom. The highest BCUT2D eigenvalue weighted by molar-refractivity contribution is 7.15. The molecule has 130 valence electrons. The molecule has 2 N–H and O–H groups in total. The monoisotopic (exact) mass is 354 g/mol. The standard InChI is InChI=1S/C19H22N4OS/c1-14-17(25-18(23-14)15-7-4-3-5-8-15)13-22-19(20-2)21-11-10-16-9-6-12-24-16/h3-9,12H,10-11,13H2,1-2H3,(H2,20,21,22). The van der Waals surface area contributed by atoms with Crippen molar-refractivity contribution >= 4 is 17.3 Å². The van der Waals surface area contributed by atoms with Gasteiger partial charge in [0.15, 0.2) is 5.96 Å². The zero-order valence-electron chi connectivity index (χ0n) is 14.5.